The van der Waals surface area contributed by atoms with Crippen LogP contribution in [0, 0.1) is 0 Å². The Balaban J connectivity index is 1.57. The van der Waals surface area contributed by atoms with Gasteiger partial charge in [-0.15, -0.1) is 0 Å². The van der Waals surface area contributed by atoms with Gasteiger partial charge in [0.25, 0.3) is 5.91 Å². The lowest BCUT2D eigenvalue weighted by Gasteiger charge is -2.09. The average Bonchev–Trinajstić information content (AvgIpc) is 2.77. The zero-order valence-electron chi connectivity index (χ0n) is 16.5. The molecule has 0 fully saturated rings. The van der Waals surface area contributed by atoms with E-state index >= 15 is 0 Å². The molecule has 0 atom stereocenters. The Kier molecular flexibility index (Phi) is 7.11. The summed E-state index contributed by atoms with van der Waals surface area (Å²) < 4.78 is 27.5. The number of aromatic nitrogens is 1. The lowest BCUT2D eigenvalue weighted by molar-refractivity contribution is -0.136. The molecule has 0 spiro atoms. The summed E-state index contributed by atoms with van der Waals surface area (Å²) in [5.41, 5.74) is 2.46. The summed E-state index contributed by atoms with van der Waals surface area (Å²) in [7, 11) is -3.73. The van der Waals surface area contributed by atoms with E-state index in [1.165, 1.54) is 12.1 Å². The maximum atomic E-state index is 12.5. The normalized spacial score (nSPS) is 11.1. The molecule has 9 heteroatoms. The summed E-state index contributed by atoms with van der Waals surface area (Å²) in [6.45, 7) is 0.0631. The highest BCUT2D eigenvalue weighted by Crippen LogP contribution is 2.14. The van der Waals surface area contributed by atoms with Gasteiger partial charge >= 0.3 is 5.97 Å². The van der Waals surface area contributed by atoms with E-state index < -0.39 is 16.0 Å². The minimum Gasteiger partial charge on any atom is -0.481 e. The molecule has 8 nitrogen and oxygen atoms in total. The van der Waals surface area contributed by atoms with E-state index in [1.54, 1.807) is 60.9 Å². The predicted octanol–water partition coefficient (Wildman–Crippen LogP) is 2.83. The number of carboxylic acids is 1. The predicted molar refractivity (Wildman–Crippen MR) is 115 cm³/mol. The number of hydrogen-bond acceptors (Lipinski definition) is 5. The van der Waals surface area contributed by atoms with Gasteiger partial charge in [0.1, 0.15) is 0 Å². The van der Waals surface area contributed by atoms with Crippen molar-refractivity contribution in [3.05, 3.63) is 89.7 Å². The van der Waals surface area contributed by atoms with Crippen molar-refractivity contribution in [2.75, 3.05) is 5.32 Å². The van der Waals surface area contributed by atoms with Crippen LogP contribution in [0.15, 0.2) is 78.0 Å². The van der Waals surface area contributed by atoms with Crippen LogP contribution >= 0.6 is 0 Å². The zero-order valence-corrected chi connectivity index (χ0v) is 17.3. The summed E-state index contributed by atoms with van der Waals surface area (Å²) in [6.07, 6.45) is 3.48. The van der Waals surface area contributed by atoms with Crippen molar-refractivity contribution in [3.8, 4) is 0 Å². The molecular weight excluding hydrogens is 418 g/mol. The van der Waals surface area contributed by atoms with Gasteiger partial charge < -0.3 is 10.4 Å². The molecular formula is C22H21N3O5S. The molecule has 0 bridgehead atoms. The van der Waals surface area contributed by atoms with E-state index in [-0.39, 0.29) is 23.8 Å². The second-order valence-electron chi connectivity index (χ2n) is 6.75. The van der Waals surface area contributed by atoms with Gasteiger partial charge in [0.2, 0.25) is 10.0 Å². The van der Waals surface area contributed by atoms with Crippen molar-refractivity contribution in [1.82, 2.24) is 9.71 Å². The van der Waals surface area contributed by atoms with Crippen LogP contribution in [0.25, 0.3) is 0 Å². The van der Waals surface area contributed by atoms with Crippen LogP contribution in [0.4, 0.5) is 5.69 Å². The van der Waals surface area contributed by atoms with Crippen molar-refractivity contribution in [2.45, 2.75) is 24.3 Å². The monoisotopic (exact) mass is 439 g/mol. The van der Waals surface area contributed by atoms with Crippen LogP contribution < -0.4 is 10.0 Å². The molecule has 0 saturated heterocycles. The van der Waals surface area contributed by atoms with Crippen molar-refractivity contribution < 1.29 is 23.1 Å². The molecule has 1 aromatic heterocycles. The summed E-state index contributed by atoms with van der Waals surface area (Å²) >= 11 is 0. The van der Waals surface area contributed by atoms with Crippen LogP contribution in [0.2, 0.25) is 0 Å². The maximum absolute atomic E-state index is 12.5. The summed E-state index contributed by atoms with van der Waals surface area (Å²) in [6, 6.07) is 16.1. The van der Waals surface area contributed by atoms with Gasteiger partial charge in [-0.3, -0.25) is 14.6 Å². The lowest BCUT2D eigenvalue weighted by Crippen LogP contribution is -2.23. The van der Waals surface area contributed by atoms with E-state index in [0.717, 1.165) is 5.56 Å². The van der Waals surface area contributed by atoms with E-state index in [4.69, 9.17) is 5.11 Å². The number of aliphatic carboxylic acids is 1. The number of pyridine rings is 1. The number of aryl methyl sites for hydroxylation is 1. The van der Waals surface area contributed by atoms with Crippen molar-refractivity contribution >= 4 is 27.6 Å². The third kappa shape index (κ3) is 6.46. The number of anilines is 1. The number of rotatable bonds is 9. The fourth-order valence-electron chi connectivity index (χ4n) is 2.76. The summed E-state index contributed by atoms with van der Waals surface area (Å²) in [4.78, 5) is 26.9. The number of nitrogens with zero attached hydrogens (tertiary/aromatic N) is 1. The molecule has 3 aromatic rings. The van der Waals surface area contributed by atoms with Crippen LogP contribution in [0.5, 0.6) is 0 Å². The summed E-state index contributed by atoms with van der Waals surface area (Å²) in [5.74, 6) is -1.19. The Labute approximate surface area is 180 Å². The van der Waals surface area contributed by atoms with Gasteiger partial charge in [0.15, 0.2) is 0 Å². The van der Waals surface area contributed by atoms with E-state index in [2.05, 4.69) is 15.0 Å². The molecule has 3 N–H and O–H groups in total. The van der Waals surface area contributed by atoms with Gasteiger partial charge in [-0.25, -0.2) is 13.1 Å². The number of carbonyl (C=O) groups excluding carboxylic acids is 1. The van der Waals surface area contributed by atoms with Crippen molar-refractivity contribution in [3.63, 3.8) is 0 Å². The average molecular weight is 439 g/mol. The molecule has 1 heterocycles. The number of carbonyl (C=O) groups is 2. The third-order valence-electron chi connectivity index (χ3n) is 4.46. The molecule has 0 aliphatic heterocycles. The Morgan fingerprint density at radius 3 is 2.23 bits per heavy atom. The highest BCUT2D eigenvalue weighted by atomic mass is 32.2. The second-order valence-corrected chi connectivity index (χ2v) is 8.52. The minimum atomic E-state index is -3.73. The van der Waals surface area contributed by atoms with Crippen LogP contribution in [0.1, 0.15) is 27.9 Å². The number of nitrogens with one attached hydrogen (secondary N) is 2. The first kappa shape index (κ1) is 22.1. The van der Waals surface area contributed by atoms with E-state index in [9.17, 15) is 18.0 Å². The Hall–Kier alpha value is -3.56. The Morgan fingerprint density at radius 2 is 1.61 bits per heavy atom. The van der Waals surface area contributed by atoms with E-state index in [1.807, 2.05) is 0 Å². The van der Waals surface area contributed by atoms with E-state index in [0.29, 0.717) is 23.2 Å². The van der Waals surface area contributed by atoms with Gasteiger partial charge in [0, 0.05) is 24.7 Å². The topological polar surface area (TPSA) is 125 Å². The van der Waals surface area contributed by atoms with Crippen LogP contribution in [-0.2, 0) is 27.8 Å². The van der Waals surface area contributed by atoms with Gasteiger partial charge in [0.05, 0.1) is 16.8 Å². The second kappa shape index (κ2) is 9.96. The minimum absolute atomic E-state index is 0.0133. The molecule has 160 valence electrons. The SMILES string of the molecule is O=C(O)CCc1ccc(S(=O)(=O)NCc2ccc(C(=O)Nc3cccnc3)cc2)cc1. The molecule has 31 heavy (non-hydrogen) atoms. The molecule has 0 aliphatic rings. The molecule has 3 rings (SSSR count). The third-order valence-corrected chi connectivity index (χ3v) is 5.88. The number of sulfonamides is 1. The van der Waals surface area contributed by atoms with Crippen molar-refractivity contribution in [2.24, 2.45) is 0 Å². The summed E-state index contributed by atoms with van der Waals surface area (Å²) in [5, 5.41) is 11.4. The number of amides is 1. The fraction of sp³-hybridized carbons (Fsp3) is 0.136. The fourth-order valence-corrected chi connectivity index (χ4v) is 3.78. The molecule has 0 radical (unpaired) electrons. The lowest BCUT2D eigenvalue weighted by atomic mass is 10.1. The first-order chi connectivity index (χ1) is 14.8. The van der Waals surface area contributed by atoms with Crippen molar-refractivity contribution in [1.29, 1.82) is 0 Å². The quantitative estimate of drug-likeness (QED) is 0.471. The first-order valence-corrected chi connectivity index (χ1v) is 10.9. The smallest absolute Gasteiger partial charge is 0.303 e. The highest BCUT2D eigenvalue weighted by molar-refractivity contribution is 7.89. The molecule has 1 amide bonds. The Bertz CT molecular complexity index is 1150. The molecule has 0 unspecified atom stereocenters. The van der Waals surface area contributed by atoms with Crippen LogP contribution in [-0.4, -0.2) is 30.4 Å². The van der Waals surface area contributed by atoms with Gasteiger partial charge in [-0.05, 0) is 53.9 Å². The number of hydrogen-bond donors (Lipinski definition) is 3. The first-order valence-electron chi connectivity index (χ1n) is 9.44. The van der Waals surface area contributed by atoms with Gasteiger partial charge in [-0.1, -0.05) is 24.3 Å². The molecule has 2 aromatic carbocycles. The standard InChI is InChI=1S/C22H21N3O5S/c26-21(27)12-7-16-5-10-20(11-6-16)31(29,30)24-14-17-3-8-18(9-4-17)22(28)25-19-2-1-13-23-15-19/h1-6,8-11,13,15,24H,7,12,14H2,(H,25,28)(H,26,27). The molecule has 0 saturated carbocycles. The largest absolute Gasteiger partial charge is 0.481 e. The highest BCUT2D eigenvalue weighted by Gasteiger charge is 2.14. The maximum Gasteiger partial charge on any atom is 0.303 e. The number of benzene rings is 2. The molecule has 0 aliphatic carbocycles. The Morgan fingerprint density at radius 1 is 0.935 bits per heavy atom. The van der Waals surface area contributed by atoms with Crippen LogP contribution in [0.3, 0.4) is 0 Å². The number of carboxylic acid groups (broad SMARTS) is 1. The van der Waals surface area contributed by atoms with Gasteiger partial charge in [-0.2, -0.15) is 0 Å². The zero-order chi connectivity index (χ0) is 22.3.